The van der Waals surface area contributed by atoms with Crippen molar-refractivity contribution in [3.05, 3.63) is 89.5 Å². The number of carbonyl (C=O) groups is 1. The average molecular weight is 332 g/mol. The van der Waals surface area contributed by atoms with E-state index in [-0.39, 0.29) is 11.2 Å². The highest BCUT2D eigenvalue weighted by atomic mass is 16.1. The Balaban J connectivity index is 2.87. The normalized spacial score (nSPS) is 24.1. The van der Waals surface area contributed by atoms with E-state index in [1.54, 1.807) is 6.92 Å². The maximum Gasteiger partial charge on any atom is 0.143 e. The van der Waals surface area contributed by atoms with Gasteiger partial charge in [0, 0.05) is 5.41 Å². The van der Waals surface area contributed by atoms with E-state index >= 15 is 0 Å². The molecule has 0 saturated heterocycles. The van der Waals surface area contributed by atoms with Crippen molar-refractivity contribution < 1.29 is 4.79 Å². The van der Waals surface area contributed by atoms with E-state index in [0.29, 0.717) is 0 Å². The third-order valence-corrected chi connectivity index (χ3v) is 5.08. The number of ketones is 1. The molecule has 1 aliphatic carbocycles. The molecular formula is C24H28O. The Morgan fingerprint density at radius 3 is 2.04 bits per heavy atom. The number of rotatable bonds is 1. The van der Waals surface area contributed by atoms with Crippen LogP contribution >= 0.6 is 0 Å². The molecule has 0 bridgehead atoms. The van der Waals surface area contributed by atoms with Crippen molar-refractivity contribution in [3.8, 4) is 0 Å². The Kier molecular flexibility index (Phi) is 5.79. The minimum atomic E-state index is -0.591. The van der Waals surface area contributed by atoms with E-state index in [2.05, 4.69) is 56.3 Å². The Bertz CT molecular complexity index is 791. The average Bonchev–Trinajstić information content (AvgIpc) is 2.55. The quantitative estimate of drug-likeness (QED) is 0.597. The van der Waals surface area contributed by atoms with Gasteiger partial charge in [-0.3, -0.25) is 4.79 Å². The van der Waals surface area contributed by atoms with Crippen LogP contribution in [0.3, 0.4) is 0 Å². The predicted molar refractivity (Wildman–Crippen MR) is 108 cm³/mol. The van der Waals surface area contributed by atoms with Gasteiger partial charge in [0.25, 0.3) is 0 Å². The molecular weight excluding hydrogens is 304 g/mol. The molecule has 2 rings (SSSR count). The van der Waals surface area contributed by atoms with E-state index in [1.807, 2.05) is 50.3 Å². The molecule has 1 aromatic carbocycles. The Morgan fingerprint density at radius 2 is 1.40 bits per heavy atom. The molecule has 0 radical (unpaired) electrons. The molecule has 0 spiro atoms. The van der Waals surface area contributed by atoms with Gasteiger partial charge in [-0.1, -0.05) is 98.3 Å². The zero-order valence-electron chi connectivity index (χ0n) is 15.9. The lowest BCUT2D eigenvalue weighted by molar-refractivity contribution is -0.121. The van der Waals surface area contributed by atoms with Gasteiger partial charge in [-0.15, -0.1) is 0 Å². The molecule has 25 heavy (non-hydrogen) atoms. The van der Waals surface area contributed by atoms with E-state index in [0.717, 1.165) is 11.1 Å². The number of carbonyl (C=O) groups excluding carboxylic acids is 1. The molecule has 130 valence electrons. The molecule has 0 saturated carbocycles. The summed E-state index contributed by atoms with van der Waals surface area (Å²) in [7, 11) is 0. The van der Waals surface area contributed by atoms with Gasteiger partial charge in [-0.05, 0) is 31.9 Å². The second kappa shape index (κ2) is 7.65. The van der Waals surface area contributed by atoms with Crippen LogP contribution < -0.4 is 0 Å². The molecule has 1 nitrogen and oxygen atoms in total. The fourth-order valence-corrected chi connectivity index (χ4v) is 3.01. The van der Waals surface area contributed by atoms with Crippen molar-refractivity contribution in [2.24, 2.45) is 5.41 Å². The van der Waals surface area contributed by atoms with Gasteiger partial charge >= 0.3 is 0 Å². The molecule has 1 aromatic rings. The first-order valence-corrected chi connectivity index (χ1v) is 8.77. The van der Waals surface area contributed by atoms with Gasteiger partial charge in [0.05, 0.1) is 5.41 Å². The summed E-state index contributed by atoms with van der Waals surface area (Å²) >= 11 is 0. The van der Waals surface area contributed by atoms with Crippen LogP contribution in [0.5, 0.6) is 0 Å². The van der Waals surface area contributed by atoms with Crippen molar-refractivity contribution in [3.63, 3.8) is 0 Å². The fourth-order valence-electron chi connectivity index (χ4n) is 3.01. The van der Waals surface area contributed by atoms with Crippen LogP contribution in [0.1, 0.15) is 45.7 Å². The molecule has 0 amide bonds. The van der Waals surface area contributed by atoms with Crippen LogP contribution in [-0.4, -0.2) is 5.78 Å². The fraction of sp³-hybridized carbons (Fsp3) is 0.292. The SMILES string of the molecule is CC(=O)C1(C)/C=C\C=C/C(C)(C)c2ccccccccc2C=C1C. The summed E-state index contributed by atoms with van der Waals surface area (Å²) in [5.74, 6) is 0.148. The minimum Gasteiger partial charge on any atom is -0.299 e. The number of fused-ring (bicyclic) bond motifs is 1. The van der Waals surface area contributed by atoms with E-state index < -0.39 is 5.41 Å². The number of hydrogen-bond donors (Lipinski definition) is 0. The van der Waals surface area contributed by atoms with Gasteiger partial charge < -0.3 is 0 Å². The van der Waals surface area contributed by atoms with Gasteiger partial charge in [0.2, 0.25) is 0 Å². The monoisotopic (exact) mass is 332 g/mol. The molecule has 0 heterocycles. The van der Waals surface area contributed by atoms with E-state index in [9.17, 15) is 4.79 Å². The summed E-state index contributed by atoms with van der Waals surface area (Å²) in [6, 6.07) is 16.5. The standard InChI is InChI=1S/C24H28O/c1-19-18-21-14-10-8-6-7-9-11-15-22(21)23(3,4)16-12-13-17-24(19,5)20(2)25/h6-18H,1-5H3/b7-6?,8-6?,9-7?,10-8?,11-9?,14-10?,15-11?,16-12-,17-13-,19-18?,21-14?,22-15?,22-21?. The second-order valence-electron chi connectivity index (χ2n) is 7.38. The van der Waals surface area contributed by atoms with Crippen LogP contribution in [0.2, 0.25) is 0 Å². The van der Waals surface area contributed by atoms with Crippen LogP contribution in [-0.2, 0) is 10.2 Å². The first-order chi connectivity index (χ1) is 11.8. The lowest BCUT2D eigenvalue weighted by Crippen LogP contribution is -2.25. The van der Waals surface area contributed by atoms with Gasteiger partial charge in [0.15, 0.2) is 0 Å². The van der Waals surface area contributed by atoms with Crippen molar-refractivity contribution >= 4 is 11.9 Å². The summed E-state index contributed by atoms with van der Waals surface area (Å²) in [5.41, 5.74) is 2.68. The molecule has 0 aromatic heterocycles. The highest BCUT2D eigenvalue weighted by Crippen LogP contribution is 2.35. The molecule has 0 N–H and O–H groups in total. The molecule has 1 aliphatic rings. The largest absolute Gasteiger partial charge is 0.299 e. The van der Waals surface area contributed by atoms with Crippen molar-refractivity contribution in [2.75, 3.05) is 0 Å². The lowest BCUT2D eigenvalue weighted by Gasteiger charge is -2.27. The van der Waals surface area contributed by atoms with Crippen molar-refractivity contribution in [1.82, 2.24) is 0 Å². The van der Waals surface area contributed by atoms with Gasteiger partial charge in [-0.25, -0.2) is 0 Å². The first-order valence-electron chi connectivity index (χ1n) is 8.77. The summed E-state index contributed by atoms with van der Waals surface area (Å²) < 4.78 is 0. The smallest absolute Gasteiger partial charge is 0.143 e. The zero-order valence-corrected chi connectivity index (χ0v) is 15.9. The second-order valence-corrected chi connectivity index (χ2v) is 7.38. The van der Waals surface area contributed by atoms with Crippen molar-refractivity contribution in [1.29, 1.82) is 0 Å². The maximum atomic E-state index is 12.3. The number of hydrogen-bond acceptors (Lipinski definition) is 1. The highest BCUT2D eigenvalue weighted by molar-refractivity contribution is 5.89. The first kappa shape index (κ1) is 18.9. The summed E-state index contributed by atoms with van der Waals surface area (Å²) in [5, 5.41) is 0. The summed E-state index contributed by atoms with van der Waals surface area (Å²) in [4.78, 5) is 12.3. The molecule has 0 fully saturated rings. The third-order valence-electron chi connectivity index (χ3n) is 5.08. The summed E-state index contributed by atoms with van der Waals surface area (Å²) in [6.07, 6.45) is 10.4. The zero-order chi connectivity index (χ0) is 18.5. The topological polar surface area (TPSA) is 17.1 Å². The molecule has 1 unspecified atom stereocenters. The number of Topliss-reactive ketones (excluding diaryl/α,β-unsaturated/α-hetero) is 1. The molecule has 1 atom stereocenters. The molecule has 0 aliphatic heterocycles. The van der Waals surface area contributed by atoms with Gasteiger partial charge in [-0.2, -0.15) is 0 Å². The Labute approximate surface area is 152 Å². The Hall–Kier alpha value is -2.41. The van der Waals surface area contributed by atoms with Crippen LogP contribution in [0, 0.1) is 5.41 Å². The van der Waals surface area contributed by atoms with Crippen LogP contribution in [0.15, 0.2) is 78.4 Å². The summed E-state index contributed by atoms with van der Waals surface area (Å²) in [6.45, 7) is 10.1. The predicted octanol–water partition coefficient (Wildman–Crippen LogP) is 6.21. The Morgan fingerprint density at radius 1 is 0.840 bits per heavy atom. The van der Waals surface area contributed by atoms with E-state index in [1.165, 1.54) is 5.56 Å². The molecule has 1 heteroatoms. The van der Waals surface area contributed by atoms with E-state index in [4.69, 9.17) is 0 Å². The van der Waals surface area contributed by atoms with Crippen LogP contribution in [0.4, 0.5) is 0 Å². The third kappa shape index (κ3) is 4.36. The lowest BCUT2D eigenvalue weighted by atomic mass is 9.75. The number of allylic oxidation sites excluding steroid dienone is 5. The maximum absolute atomic E-state index is 12.3. The van der Waals surface area contributed by atoms with Crippen LogP contribution in [0.25, 0.3) is 6.08 Å². The van der Waals surface area contributed by atoms with Crippen molar-refractivity contribution in [2.45, 2.75) is 40.0 Å². The minimum absolute atomic E-state index is 0.127. The highest BCUT2D eigenvalue weighted by Gasteiger charge is 2.29. The van der Waals surface area contributed by atoms with Gasteiger partial charge in [0.1, 0.15) is 5.78 Å².